The molecule has 1 rings (SSSR count). The highest BCUT2D eigenvalue weighted by Crippen LogP contribution is 2.17. The molecular weight excluding hydrogens is 244 g/mol. The van der Waals surface area contributed by atoms with Crippen LogP contribution in [-0.4, -0.2) is 42.0 Å². The molecule has 0 fully saturated rings. The van der Waals surface area contributed by atoms with Gasteiger partial charge in [-0.2, -0.15) is 0 Å². The van der Waals surface area contributed by atoms with Crippen molar-refractivity contribution in [3.8, 4) is 0 Å². The zero-order chi connectivity index (χ0) is 14.4. The fourth-order valence-electron chi connectivity index (χ4n) is 1.69. The first-order chi connectivity index (χ1) is 8.90. The maximum Gasteiger partial charge on any atom is 0.304 e. The molecule has 0 unspecified atom stereocenters. The molecule has 0 radical (unpaired) electrons. The van der Waals surface area contributed by atoms with Gasteiger partial charge >= 0.3 is 5.97 Å². The number of aryl methyl sites for hydroxylation is 1. The Morgan fingerprint density at radius 1 is 1.32 bits per heavy atom. The van der Waals surface area contributed by atoms with Crippen molar-refractivity contribution < 1.29 is 14.7 Å². The van der Waals surface area contributed by atoms with Crippen molar-refractivity contribution >= 4 is 17.6 Å². The minimum atomic E-state index is -0.859. The molecule has 19 heavy (non-hydrogen) atoms. The van der Waals surface area contributed by atoms with Crippen LogP contribution in [-0.2, 0) is 9.59 Å². The average molecular weight is 264 g/mol. The second-order valence-corrected chi connectivity index (χ2v) is 4.68. The molecule has 0 saturated carbocycles. The fourth-order valence-corrected chi connectivity index (χ4v) is 1.69. The van der Waals surface area contributed by atoms with Gasteiger partial charge in [0.15, 0.2) is 0 Å². The van der Waals surface area contributed by atoms with Crippen LogP contribution in [0.2, 0.25) is 0 Å². The van der Waals surface area contributed by atoms with Gasteiger partial charge in [-0.15, -0.1) is 0 Å². The highest BCUT2D eigenvalue weighted by molar-refractivity contribution is 5.93. The van der Waals surface area contributed by atoms with Gasteiger partial charge in [0.1, 0.15) is 0 Å². The molecule has 104 valence electrons. The maximum absolute atomic E-state index is 11.8. The first-order valence-corrected chi connectivity index (χ1v) is 6.16. The third-order valence-corrected chi connectivity index (χ3v) is 3.00. The lowest BCUT2D eigenvalue weighted by atomic mass is 10.1. The van der Waals surface area contributed by atoms with E-state index >= 15 is 0 Å². The Hall–Kier alpha value is -1.88. The lowest BCUT2D eigenvalue weighted by Crippen LogP contribution is -2.31. The molecular formula is C14H20N2O3. The van der Waals surface area contributed by atoms with E-state index in [0.717, 1.165) is 16.8 Å². The summed E-state index contributed by atoms with van der Waals surface area (Å²) in [4.78, 5) is 24.0. The van der Waals surface area contributed by atoms with E-state index in [9.17, 15) is 9.59 Å². The number of carbonyl (C=O) groups excluding carboxylic acids is 1. The van der Waals surface area contributed by atoms with Crippen LogP contribution in [0.1, 0.15) is 17.5 Å². The summed E-state index contributed by atoms with van der Waals surface area (Å²) in [7, 11) is 1.73. The molecule has 0 saturated heterocycles. The lowest BCUT2D eigenvalue weighted by molar-refractivity contribution is -0.137. The molecule has 5 nitrogen and oxygen atoms in total. The number of hydrogen-bond acceptors (Lipinski definition) is 3. The second-order valence-electron chi connectivity index (χ2n) is 4.68. The van der Waals surface area contributed by atoms with Crippen LogP contribution < -0.4 is 5.32 Å². The van der Waals surface area contributed by atoms with E-state index in [1.54, 1.807) is 11.9 Å². The van der Waals surface area contributed by atoms with Gasteiger partial charge in [0.2, 0.25) is 5.91 Å². The van der Waals surface area contributed by atoms with E-state index < -0.39 is 5.97 Å². The Labute approximate surface area is 113 Å². The van der Waals surface area contributed by atoms with Gasteiger partial charge in [-0.3, -0.25) is 14.5 Å². The number of amides is 1. The Morgan fingerprint density at radius 2 is 2.00 bits per heavy atom. The predicted molar refractivity (Wildman–Crippen MR) is 74.3 cm³/mol. The number of carboxylic acids is 1. The number of aliphatic carboxylic acids is 1. The van der Waals surface area contributed by atoms with E-state index in [-0.39, 0.29) is 18.9 Å². The molecule has 1 aromatic carbocycles. The van der Waals surface area contributed by atoms with Crippen molar-refractivity contribution in [1.82, 2.24) is 4.90 Å². The van der Waals surface area contributed by atoms with Crippen molar-refractivity contribution in [2.45, 2.75) is 20.3 Å². The van der Waals surface area contributed by atoms with Gasteiger partial charge < -0.3 is 10.4 Å². The standard InChI is InChI=1S/C14H20N2O3/c1-10-5-4-6-12(11(10)2)15-13(17)9-16(3)8-7-14(18)19/h4-6H,7-9H2,1-3H3,(H,15,17)(H,18,19). The Bertz CT molecular complexity index is 472. The molecule has 2 N–H and O–H groups in total. The van der Waals surface area contributed by atoms with Crippen LogP contribution in [0.5, 0.6) is 0 Å². The van der Waals surface area contributed by atoms with Crippen LogP contribution in [0, 0.1) is 13.8 Å². The van der Waals surface area contributed by atoms with Crippen LogP contribution in [0.15, 0.2) is 18.2 Å². The van der Waals surface area contributed by atoms with Crippen LogP contribution in [0.25, 0.3) is 0 Å². The number of nitrogens with one attached hydrogen (secondary N) is 1. The number of benzene rings is 1. The summed E-state index contributed by atoms with van der Waals surface area (Å²) in [5, 5.41) is 11.4. The highest BCUT2D eigenvalue weighted by Gasteiger charge is 2.10. The van der Waals surface area contributed by atoms with E-state index in [4.69, 9.17) is 5.11 Å². The summed E-state index contributed by atoms with van der Waals surface area (Å²) in [5.74, 6) is -0.997. The molecule has 0 bridgehead atoms. The van der Waals surface area contributed by atoms with Gasteiger partial charge in [0.05, 0.1) is 13.0 Å². The van der Waals surface area contributed by atoms with Gasteiger partial charge in [0.25, 0.3) is 0 Å². The summed E-state index contributed by atoms with van der Waals surface area (Å²) in [6, 6.07) is 5.74. The van der Waals surface area contributed by atoms with Crippen LogP contribution >= 0.6 is 0 Å². The molecule has 0 aliphatic carbocycles. The summed E-state index contributed by atoms with van der Waals surface area (Å²) >= 11 is 0. The first-order valence-electron chi connectivity index (χ1n) is 6.16. The number of carboxylic acid groups (broad SMARTS) is 1. The summed E-state index contributed by atoms with van der Waals surface area (Å²) in [5.41, 5.74) is 2.97. The van der Waals surface area contributed by atoms with E-state index in [0.29, 0.717) is 6.54 Å². The molecule has 1 amide bonds. The zero-order valence-corrected chi connectivity index (χ0v) is 11.6. The van der Waals surface area contributed by atoms with E-state index in [1.165, 1.54) is 0 Å². The number of carbonyl (C=O) groups is 2. The number of rotatable bonds is 6. The molecule has 0 aliphatic rings. The number of hydrogen-bond donors (Lipinski definition) is 2. The van der Waals surface area contributed by atoms with Gasteiger partial charge in [-0.25, -0.2) is 0 Å². The first kappa shape index (κ1) is 15.2. The van der Waals surface area contributed by atoms with Crippen molar-refractivity contribution in [3.63, 3.8) is 0 Å². The highest BCUT2D eigenvalue weighted by atomic mass is 16.4. The monoisotopic (exact) mass is 264 g/mol. The van der Waals surface area contributed by atoms with Crippen molar-refractivity contribution in [3.05, 3.63) is 29.3 Å². The minimum absolute atomic E-state index is 0.0350. The van der Waals surface area contributed by atoms with Crippen LogP contribution in [0.3, 0.4) is 0 Å². The maximum atomic E-state index is 11.8. The van der Waals surface area contributed by atoms with Crippen molar-refractivity contribution in [2.75, 3.05) is 25.5 Å². The predicted octanol–water partition coefficient (Wildman–Crippen LogP) is 1.65. The second kappa shape index (κ2) is 6.89. The SMILES string of the molecule is Cc1cccc(NC(=O)CN(C)CCC(=O)O)c1C. The number of anilines is 1. The van der Waals surface area contributed by atoms with Crippen molar-refractivity contribution in [1.29, 1.82) is 0 Å². The molecule has 0 heterocycles. The fraction of sp³-hybridized carbons (Fsp3) is 0.429. The summed E-state index contributed by atoms with van der Waals surface area (Å²) in [6.45, 7) is 4.49. The number of nitrogens with zero attached hydrogens (tertiary/aromatic N) is 1. The van der Waals surface area contributed by atoms with Gasteiger partial charge in [0, 0.05) is 12.2 Å². The molecule has 1 aromatic rings. The molecule has 0 atom stereocenters. The number of likely N-dealkylation sites (N-methyl/N-ethyl adjacent to an activating group) is 1. The Kier molecular flexibility index (Phi) is 5.51. The molecule has 0 aliphatic heterocycles. The molecule has 0 spiro atoms. The van der Waals surface area contributed by atoms with Crippen molar-refractivity contribution in [2.24, 2.45) is 0 Å². The average Bonchev–Trinajstić information content (AvgIpc) is 2.32. The van der Waals surface area contributed by atoms with Gasteiger partial charge in [-0.1, -0.05) is 12.1 Å². The smallest absolute Gasteiger partial charge is 0.304 e. The zero-order valence-electron chi connectivity index (χ0n) is 11.6. The quantitative estimate of drug-likeness (QED) is 0.819. The third-order valence-electron chi connectivity index (χ3n) is 3.00. The third kappa shape index (κ3) is 5.09. The summed E-state index contributed by atoms with van der Waals surface area (Å²) < 4.78 is 0. The molecule has 5 heteroatoms. The minimum Gasteiger partial charge on any atom is -0.481 e. The van der Waals surface area contributed by atoms with Crippen LogP contribution in [0.4, 0.5) is 5.69 Å². The van der Waals surface area contributed by atoms with E-state index in [1.807, 2.05) is 32.0 Å². The van der Waals surface area contributed by atoms with Gasteiger partial charge in [-0.05, 0) is 38.1 Å². The Morgan fingerprint density at radius 3 is 2.63 bits per heavy atom. The lowest BCUT2D eigenvalue weighted by Gasteiger charge is -2.16. The Balaban J connectivity index is 2.51. The summed E-state index contributed by atoms with van der Waals surface area (Å²) in [6.07, 6.45) is 0.0350. The normalized spacial score (nSPS) is 10.5. The topological polar surface area (TPSA) is 69.6 Å². The molecule has 0 aromatic heterocycles. The largest absolute Gasteiger partial charge is 0.481 e. The van der Waals surface area contributed by atoms with E-state index in [2.05, 4.69) is 5.32 Å².